The summed E-state index contributed by atoms with van der Waals surface area (Å²) in [6.45, 7) is 2.09. The standard InChI is InChI=1S/C6H11N3/c7-5-1-2-9-4-8-3-6(5)9/h3,5,8H,1-2,4,7H2/t5-/m1/s1. The van der Waals surface area contributed by atoms with E-state index in [-0.39, 0.29) is 0 Å². The molecule has 0 aliphatic carbocycles. The van der Waals surface area contributed by atoms with Gasteiger partial charge in [-0.15, -0.1) is 0 Å². The topological polar surface area (TPSA) is 41.3 Å². The molecule has 2 heterocycles. The molecule has 1 atom stereocenters. The van der Waals surface area contributed by atoms with Crippen molar-refractivity contribution in [1.29, 1.82) is 0 Å². The largest absolute Gasteiger partial charge is 0.372 e. The van der Waals surface area contributed by atoms with Crippen molar-refractivity contribution in [1.82, 2.24) is 10.2 Å². The average Bonchev–Trinajstić information content (AvgIpc) is 2.35. The molecule has 0 amide bonds. The van der Waals surface area contributed by atoms with E-state index in [0.717, 1.165) is 19.6 Å². The van der Waals surface area contributed by atoms with Crippen molar-refractivity contribution >= 4 is 0 Å². The van der Waals surface area contributed by atoms with Crippen LogP contribution in [-0.2, 0) is 0 Å². The number of nitrogens with one attached hydrogen (secondary N) is 1. The van der Waals surface area contributed by atoms with E-state index < -0.39 is 0 Å². The highest BCUT2D eigenvalue weighted by molar-refractivity contribution is 5.16. The van der Waals surface area contributed by atoms with Crippen molar-refractivity contribution < 1.29 is 0 Å². The van der Waals surface area contributed by atoms with Gasteiger partial charge in [0.2, 0.25) is 0 Å². The summed E-state index contributed by atoms with van der Waals surface area (Å²) < 4.78 is 0. The Hall–Kier alpha value is -0.700. The zero-order valence-electron chi connectivity index (χ0n) is 5.30. The highest BCUT2D eigenvalue weighted by Crippen LogP contribution is 2.20. The lowest BCUT2D eigenvalue weighted by Gasteiger charge is -2.11. The van der Waals surface area contributed by atoms with Gasteiger partial charge in [-0.25, -0.2) is 0 Å². The van der Waals surface area contributed by atoms with Crippen LogP contribution >= 0.6 is 0 Å². The Morgan fingerprint density at radius 3 is 3.44 bits per heavy atom. The first-order valence-electron chi connectivity index (χ1n) is 3.32. The highest BCUT2D eigenvalue weighted by Gasteiger charge is 2.26. The van der Waals surface area contributed by atoms with Gasteiger partial charge >= 0.3 is 0 Å². The van der Waals surface area contributed by atoms with E-state index in [9.17, 15) is 0 Å². The average molecular weight is 125 g/mol. The number of hydrogen-bond acceptors (Lipinski definition) is 3. The first kappa shape index (κ1) is 5.11. The minimum absolute atomic E-state index is 0.292. The molecule has 0 aromatic heterocycles. The Balaban J connectivity index is 2.22. The third-order valence-corrected chi connectivity index (χ3v) is 1.99. The van der Waals surface area contributed by atoms with Crippen LogP contribution in [0.3, 0.4) is 0 Å². The summed E-state index contributed by atoms with van der Waals surface area (Å²) in [5.74, 6) is 0. The molecule has 1 saturated heterocycles. The summed E-state index contributed by atoms with van der Waals surface area (Å²) in [4.78, 5) is 2.28. The van der Waals surface area contributed by atoms with Crippen LogP contribution in [0.2, 0.25) is 0 Å². The van der Waals surface area contributed by atoms with Crippen LogP contribution in [0.15, 0.2) is 11.9 Å². The van der Waals surface area contributed by atoms with Crippen LogP contribution in [0.1, 0.15) is 6.42 Å². The van der Waals surface area contributed by atoms with Gasteiger partial charge in [-0.1, -0.05) is 0 Å². The van der Waals surface area contributed by atoms with Gasteiger partial charge in [-0.2, -0.15) is 0 Å². The maximum absolute atomic E-state index is 5.77. The summed E-state index contributed by atoms with van der Waals surface area (Å²) >= 11 is 0. The van der Waals surface area contributed by atoms with Crippen LogP contribution < -0.4 is 11.1 Å². The van der Waals surface area contributed by atoms with Crippen LogP contribution in [0.4, 0.5) is 0 Å². The molecule has 0 bridgehead atoms. The number of fused-ring (bicyclic) bond motifs is 1. The molecule has 2 rings (SSSR count). The summed E-state index contributed by atoms with van der Waals surface area (Å²) in [6.07, 6.45) is 3.14. The SMILES string of the molecule is N[C@@H]1CCN2CNC=C12. The van der Waals surface area contributed by atoms with E-state index >= 15 is 0 Å². The van der Waals surface area contributed by atoms with Crippen molar-refractivity contribution in [2.24, 2.45) is 5.73 Å². The Labute approximate surface area is 54.5 Å². The first-order chi connectivity index (χ1) is 4.38. The Morgan fingerprint density at radius 2 is 2.67 bits per heavy atom. The molecule has 0 aromatic rings. The molecule has 3 nitrogen and oxygen atoms in total. The predicted molar refractivity (Wildman–Crippen MR) is 35.4 cm³/mol. The van der Waals surface area contributed by atoms with Crippen LogP contribution in [-0.4, -0.2) is 24.2 Å². The zero-order valence-corrected chi connectivity index (χ0v) is 5.30. The number of hydrogen-bond donors (Lipinski definition) is 2. The van der Waals surface area contributed by atoms with Gasteiger partial charge in [0.15, 0.2) is 0 Å². The maximum Gasteiger partial charge on any atom is 0.0870 e. The summed E-state index contributed by atoms with van der Waals surface area (Å²) in [7, 11) is 0. The van der Waals surface area contributed by atoms with E-state index in [1.807, 2.05) is 6.20 Å². The predicted octanol–water partition coefficient (Wildman–Crippen LogP) is -0.579. The van der Waals surface area contributed by atoms with Gasteiger partial charge < -0.3 is 16.0 Å². The van der Waals surface area contributed by atoms with Gasteiger partial charge in [0.05, 0.1) is 6.67 Å². The molecule has 0 saturated carbocycles. The van der Waals surface area contributed by atoms with Gasteiger partial charge in [0.25, 0.3) is 0 Å². The van der Waals surface area contributed by atoms with Gasteiger partial charge in [0, 0.05) is 24.5 Å². The second kappa shape index (κ2) is 1.64. The van der Waals surface area contributed by atoms with Crippen molar-refractivity contribution in [2.75, 3.05) is 13.2 Å². The van der Waals surface area contributed by atoms with Crippen LogP contribution in [0.25, 0.3) is 0 Å². The molecule has 2 aliphatic rings. The van der Waals surface area contributed by atoms with E-state index in [2.05, 4.69) is 10.2 Å². The molecule has 3 heteroatoms. The van der Waals surface area contributed by atoms with E-state index in [0.29, 0.717) is 6.04 Å². The molecule has 0 unspecified atom stereocenters. The summed E-state index contributed by atoms with van der Waals surface area (Å²) in [6, 6.07) is 0.292. The van der Waals surface area contributed by atoms with Gasteiger partial charge in [0.1, 0.15) is 0 Å². The minimum Gasteiger partial charge on any atom is -0.372 e. The normalized spacial score (nSPS) is 31.9. The molecular formula is C6H11N3. The molecule has 2 aliphatic heterocycles. The lowest BCUT2D eigenvalue weighted by Crippen LogP contribution is -2.22. The third-order valence-electron chi connectivity index (χ3n) is 1.99. The lowest BCUT2D eigenvalue weighted by molar-refractivity contribution is 0.411. The smallest absolute Gasteiger partial charge is 0.0870 e. The molecule has 9 heavy (non-hydrogen) atoms. The maximum atomic E-state index is 5.77. The molecule has 1 fully saturated rings. The fraction of sp³-hybridized carbons (Fsp3) is 0.667. The van der Waals surface area contributed by atoms with Gasteiger partial charge in [-0.05, 0) is 6.42 Å². The Bertz CT molecular complexity index is 152. The van der Waals surface area contributed by atoms with Gasteiger partial charge in [-0.3, -0.25) is 0 Å². The summed E-state index contributed by atoms with van der Waals surface area (Å²) in [5, 5.41) is 3.14. The number of nitrogens with two attached hydrogens (primary N) is 1. The zero-order chi connectivity index (χ0) is 6.27. The monoisotopic (exact) mass is 125 g/mol. The number of rotatable bonds is 0. The van der Waals surface area contributed by atoms with Crippen molar-refractivity contribution in [3.63, 3.8) is 0 Å². The van der Waals surface area contributed by atoms with E-state index in [1.54, 1.807) is 0 Å². The fourth-order valence-corrected chi connectivity index (χ4v) is 1.44. The Kier molecular flexibility index (Phi) is 0.931. The van der Waals surface area contributed by atoms with Crippen molar-refractivity contribution in [3.05, 3.63) is 11.9 Å². The second-order valence-corrected chi connectivity index (χ2v) is 2.59. The molecule has 0 radical (unpaired) electrons. The van der Waals surface area contributed by atoms with Crippen molar-refractivity contribution in [3.8, 4) is 0 Å². The molecule has 0 aromatic carbocycles. The van der Waals surface area contributed by atoms with E-state index in [1.165, 1.54) is 5.70 Å². The molecular weight excluding hydrogens is 114 g/mol. The first-order valence-corrected chi connectivity index (χ1v) is 3.32. The van der Waals surface area contributed by atoms with E-state index in [4.69, 9.17) is 5.73 Å². The molecule has 50 valence electrons. The van der Waals surface area contributed by atoms with Crippen LogP contribution in [0.5, 0.6) is 0 Å². The second-order valence-electron chi connectivity index (χ2n) is 2.59. The number of nitrogens with zero attached hydrogens (tertiary/aromatic N) is 1. The fourth-order valence-electron chi connectivity index (χ4n) is 1.44. The highest BCUT2D eigenvalue weighted by atomic mass is 15.3. The molecule has 3 N–H and O–H groups in total. The summed E-state index contributed by atoms with van der Waals surface area (Å²) in [5.41, 5.74) is 7.06. The Morgan fingerprint density at radius 1 is 1.78 bits per heavy atom. The van der Waals surface area contributed by atoms with Crippen LogP contribution in [0, 0.1) is 0 Å². The minimum atomic E-state index is 0.292. The lowest BCUT2D eigenvalue weighted by atomic mass is 10.2. The molecule has 0 spiro atoms. The quantitative estimate of drug-likeness (QED) is 0.455. The third kappa shape index (κ3) is 0.612. The van der Waals surface area contributed by atoms with Crippen molar-refractivity contribution in [2.45, 2.75) is 12.5 Å².